The van der Waals surface area contributed by atoms with Gasteiger partial charge in [-0.05, 0) is 44.4 Å². The maximum Gasteiger partial charge on any atom is 0.0841 e. The van der Waals surface area contributed by atoms with Crippen LogP contribution in [0.2, 0.25) is 0 Å². The lowest BCUT2D eigenvalue weighted by atomic mass is 9.92. The van der Waals surface area contributed by atoms with Gasteiger partial charge in [-0.25, -0.2) is 0 Å². The van der Waals surface area contributed by atoms with Gasteiger partial charge in [0.15, 0.2) is 0 Å². The Bertz CT molecular complexity index is 571. The molecule has 0 fully saturated rings. The zero-order valence-corrected chi connectivity index (χ0v) is 11.8. The Morgan fingerprint density at radius 3 is 2.11 bits per heavy atom. The first kappa shape index (κ1) is 12.8. The van der Waals surface area contributed by atoms with Gasteiger partial charge in [0.25, 0.3) is 0 Å². The van der Waals surface area contributed by atoms with E-state index in [1.807, 2.05) is 11.7 Å². The van der Waals surface area contributed by atoms with E-state index in [0.717, 1.165) is 5.69 Å². The van der Waals surface area contributed by atoms with E-state index < -0.39 is 0 Å². The molecule has 18 heavy (non-hydrogen) atoms. The number of nitrogens with two attached hydrogens (primary N) is 1. The summed E-state index contributed by atoms with van der Waals surface area (Å²) in [5.41, 5.74) is 14.3. The number of hydrogen-bond donors (Lipinski definition) is 1. The van der Waals surface area contributed by atoms with Gasteiger partial charge in [0.1, 0.15) is 0 Å². The zero-order chi connectivity index (χ0) is 13.4. The molecule has 0 atom stereocenters. The molecule has 3 heteroatoms. The van der Waals surface area contributed by atoms with Gasteiger partial charge >= 0.3 is 0 Å². The third kappa shape index (κ3) is 1.95. The molecule has 2 aromatic rings. The average molecular weight is 243 g/mol. The quantitative estimate of drug-likeness (QED) is 0.881. The first-order chi connectivity index (χ1) is 8.45. The highest BCUT2D eigenvalue weighted by Gasteiger charge is 2.17. The highest BCUT2D eigenvalue weighted by Crippen LogP contribution is 2.33. The van der Waals surface area contributed by atoms with Crippen molar-refractivity contribution >= 4 is 0 Å². The van der Waals surface area contributed by atoms with E-state index >= 15 is 0 Å². The van der Waals surface area contributed by atoms with E-state index in [1.54, 1.807) is 0 Å². The number of aromatic nitrogens is 2. The molecule has 96 valence electrons. The monoisotopic (exact) mass is 243 g/mol. The van der Waals surface area contributed by atoms with Crippen LogP contribution in [0.1, 0.15) is 28.1 Å². The van der Waals surface area contributed by atoms with Gasteiger partial charge in [-0.3, -0.25) is 4.68 Å². The molecule has 0 amide bonds. The first-order valence-electron chi connectivity index (χ1n) is 6.26. The van der Waals surface area contributed by atoms with Gasteiger partial charge in [0, 0.05) is 24.8 Å². The second-order valence-corrected chi connectivity index (χ2v) is 5.01. The van der Waals surface area contributed by atoms with Crippen molar-refractivity contribution in [3.05, 3.63) is 40.2 Å². The number of aryl methyl sites for hydroxylation is 4. The van der Waals surface area contributed by atoms with Crippen molar-refractivity contribution in [1.29, 1.82) is 0 Å². The Kier molecular flexibility index (Phi) is 3.26. The Morgan fingerprint density at radius 2 is 1.61 bits per heavy atom. The second-order valence-electron chi connectivity index (χ2n) is 5.01. The molecule has 0 radical (unpaired) electrons. The summed E-state index contributed by atoms with van der Waals surface area (Å²) in [6, 6.07) is 4.43. The maximum atomic E-state index is 5.82. The summed E-state index contributed by atoms with van der Waals surface area (Å²) in [6.45, 7) is 9.01. The first-order valence-corrected chi connectivity index (χ1v) is 6.26. The molecular weight excluding hydrogens is 222 g/mol. The SMILES string of the molecule is Cc1cc(C)c(-c2c(CN)nn(C)c2C)c(C)c1. The molecule has 0 saturated heterocycles. The minimum Gasteiger partial charge on any atom is -0.325 e. The number of rotatable bonds is 2. The fourth-order valence-corrected chi connectivity index (χ4v) is 2.72. The van der Waals surface area contributed by atoms with Gasteiger partial charge in [-0.2, -0.15) is 5.10 Å². The molecule has 0 aliphatic heterocycles. The predicted molar refractivity (Wildman–Crippen MR) is 75.5 cm³/mol. The summed E-state index contributed by atoms with van der Waals surface area (Å²) in [5, 5.41) is 4.50. The van der Waals surface area contributed by atoms with Crippen LogP contribution in [-0.2, 0) is 13.6 Å². The van der Waals surface area contributed by atoms with E-state index in [9.17, 15) is 0 Å². The maximum absolute atomic E-state index is 5.82. The van der Waals surface area contributed by atoms with Gasteiger partial charge < -0.3 is 5.73 Å². The molecular formula is C15H21N3. The molecule has 2 N–H and O–H groups in total. The molecule has 2 rings (SSSR count). The molecule has 0 bridgehead atoms. The van der Waals surface area contributed by atoms with E-state index in [2.05, 4.69) is 44.9 Å². The van der Waals surface area contributed by atoms with Crippen molar-refractivity contribution < 1.29 is 0 Å². The van der Waals surface area contributed by atoms with E-state index in [0.29, 0.717) is 6.54 Å². The van der Waals surface area contributed by atoms with Crippen molar-refractivity contribution in [3.8, 4) is 11.1 Å². The van der Waals surface area contributed by atoms with Gasteiger partial charge in [-0.1, -0.05) is 17.7 Å². The number of hydrogen-bond acceptors (Lipinski definition) is 2. The highest BCUT2D eigenvalue weighted by atomic mass is 15.3. The van der Waals surface area contributed by atoms with Crippen molar-refractivity contribution in [1.82, 2.24) is 9.78 Å². The smallest absolute Gasteiger partial charge is 0.0841 e. The summed E-state index contributed by atoms with van der Waals surface area (Å²) in [6.07, 6.45) is 0. The van der Waals surface area contributed by atoms with Crippen LogP contribution in [0, 0.1) is 27.7 Å². The lowest BCUT2D eigenvalue weighted by molar-refractivity contribution is 0.721. The standard InChI is InChI=1S/C15H21N3/c1-9-6-10(2)14(11(3)7-9)15-12(4)18(5)17-13(15)8-16/h6-7H,8,16H2,1-5H3. The predicted octanol–water partition coefficient (Wildman–Crippen LogP) is 2.78. The second kappa shape index (κ2) is 4.58. The van der Waals surface area contributed by atoms with Crippen LogP contribution < -0.4 is 5.73 Å². The molecule has 0 aliphatic carbocycles. The largest absolute Gasteiger partial charge is 0.325 e. The van der Waals surface area contributed by atoms with Gasteiger partial charge in [0.2, 0.25) is 0 Å². The van der Waals surface area contributed by atoms with Crippen LogP contribution in [0.25, 0.3) is 11.1 Å². The Morgan fingerprint density at radius 1 is 1.06 bits per heavy atom. The summed E-state index contributed by atoms with van der Waals surface area (Å²) in [5.74, 6) is 0. The lowest BCUT2D eigenvalue weighted by Gasteiger charge is -2.12. The highest BCUT2D eigenvalue weighted by molar-refractivity contribution is 5.75. The summed E-state index contributed by atoms with van der Waals surface area (Å²) >= 11 is 0. The molecule has 0 aliphatic rings. The summed E-state index contributed by atoms with van der Waals surface area (Å²) < 4.78 is 1.91. The lowest BCUT2D eigenvalue weighted by Crippen LogP contribution is -2.01. The van der Waals surface area contributed by atoms with Crippen molar-refractivity contribution in [2.45, 2.75) is 34.2 Å². The molecule has 1 aromatic carbocycles. The van der Waals surface area contributed by atoms with E-state index in [4.69, 9.17) is 5.73 Å². The molecule has 1 aromatic heterocycles. The van der Waals surface area contributed by atoms with Gasteiger partial charge in [-0.15, -0.1) is 0 Å². The van der Waals surface area contributed by atoms with Crippen molar-refractivity contribution in [2.75, 3.05) is 0 Å². The fourth-order valence-electron chi connectivity index (χ4n) is 2.72. The molecule has 3 nitrogen and oxygen atoms in total. The van der Waals surface area contributed by atoms with Crippen LogP contribution in [0.4, 0.5) is 0 Å². The zero-order valence-electron chi connectivity index (χ0n) is 11.8. The fraction of sp³-hybridized carbons (Fsp3) is 0.400. The van der Waals surface area contributed by atoms with E-state index in [1.165, 1.54) is 33.5 Å². The Balaban J connectivity index is 2.77. The topological polar surface area (TPSA) is 43.8 Å². The van der Waals surface area contributed by atoms with E-state index in [-0.39, 0.29) is 0 Å². The third-order valence-electron chi connectivity index (χ3n) is 3.53. The number of benzene rings is 1. The van der Waals surface area contributed by atoms with Gasteiger partial charge in [0.05, 0.1) is 5.69 Å². The van der Waals surface area contributed by atoms with Crippen LogP contribution in [0.5, 0.6) is 0 Å². The minimum absolute atomic E-state index is 0.476. The summed E-state index contributed by atoms with van der Waals surface area (Å²) in [4.78, 5) is 0. The van der Waals surface area contributed by atoms with Crippen LogP contribution in [0.15, 0.2) is 12.1 Å². The van der Waals surface area contributed by atoms with Crippen molar-refractivity contribution in [2.24, 2.45) is 12.8 Å². The average Bonchev–Trinajstić information content (AvgIpc) is 2.55. The molecule has 0 unspecified atom stereocenters. The summed E-state index contributed by atoms with van der Waals surface area (Å²) in [7, 11) is 1.97. The van der Waals surface area contributed by atoms with Crippen LogP contribution >= 0.6 is 0 Å². The van der Waals surface area contributed by atoms with Crippen LogP contribution in [0.3, 0.4) is 0 Å². The minimum atomic E-state index is 0.476. The van der Waals surface area contributed by atoms with Crippen LogP contribution in [-0.4, -0.2) is 9.78 Å². The number of nitrogens with zero attached hydrogens (tertiary/aromatic N) is 2. The molecule has 1 heterocycles. The molecule has 0 saturated carbocycles. The van der Waals surface area contributed by atoms with Crippen molar-refractivity contribution in [3.63, 3.8) is 0 Å². The Hall–Kier alpha value is -1.61. The third-order valence-corrected chi connectivity index (χ3v) is 3.53. The molecule has 0 spiro atoms. The Labute approximate surface area is 109 Å². The normalized spacial score (nSPS) is 11.0.